The number of carbonyl (C=O) groups is 1. The summed E-state index contributed by atoms with van der Waals surface area (Å²) >= 11 is 3.57. The van der Waals surface area contributed by atoms with Crippen LogP contribution in [0.1, 0.15) is 32.6 Å². The molecular weight excluding hydrogens is 592 g/mol. The van der Waals surface area contributed by atoms with Crippen LogP contribution in [0.3, 0.4) is 0 Å². The van der Waals surface area contributed by atoms with E-state index in [1.807, 2.05) is 66.7 Å². The second-order valence-electron chi connectivity index (χ2n) is 10.2. The Labute approximate surface area is 255 Å². The minimum atomic E-state index is -0.263. The van der Waals surface area contributed by atoms with E-state index in [4.69, 9.17) is 9.47 Å². The van der Waals surface area contributed by atoms with Crippen molar-refractivity contribution in [2.45, 2.75) is 19.7 Å². The first-order valence-electron chi connectivity index (χ1n) is 14.0. The van der Waals surface area contributed by atoms with Crippen molar-refractivity contribution in [3.63, 3.8) is 0 Å². The quantitative estimate of drug-likeness (QED) is 0.161. The van der Waals surface area contributed by atoms with Crippen LogP contribution in [0.2, 0.25) is 0 Å². The van der Waals surface area contributed by atoms with Gasteiger partial charge >= 0.3 is 0 Å². The zero-order valence-corrected chi connectivity index (χ0v) is 25.3. The van der Waals surface area contributed by atoms with Crippen LogP contribution >= 0.6 is 15.9 Å². The van der Waals surface area contributed by atoms with Crippen molar-refractivity contribution < 1.29 is 14.3 Å². The summed E-state index contributed by atoms with van der Waals surface area (Å²) in [5.74, 6) is 0.916. The zero-order valence-electron chi connectivity index (χ0n) is 23.7. The van der Waals surface area contributed by atoms with Crippen molar-refractivity contribution in [3.05, 3.63) is 129 Å². The number of methoxy groups -OCH3 is 1. The lowest BCUT2D eigenvalue weighted by Crippen LogP contribution is -2.45. The molecule has 0 atom stereocenters. The van der Waals surface area contributed by atoms with Gasteiger partial charge < -0.3 is 9.47 Å². The summed E-state index contributed by atoms with van der Waals surface area (Å²) in [6.45, 7) is 6.47. The fourth-order valence-corrected chi connectivity index (χ4v) is 5.46. The van der Waals surface area contributed by atoms with Crippen LogP contribution in [0, 0.1) is 0 Å². The number of nitrogens with zero attached hydrogens (tertiary/aromatic N) is 3. The van der Waals surface area contributed by atoms with Gasteiger partial charge in [0.15, 0.2) is 11.5 Å². The summed E-state index contributed by atoms with van der Waals surface area (Å²) in [4.78, 5) is 17.7. The standard InChI is InChI=1S/C34H35BrN4O3/c1-41-32-21-29(20-31(35)33(32)42-25-28-10-6-3-7-11-28)22-36-37-34(40)30-14-12-27(13-15-30)24-39-18-16-38(17-19-39)23-26-8-4-2-5-9-26/h2-15,20-22H,16-19,23-25H2,1H3,(H,37,40)/b36-22-. The van der Waals surface area contributed by atoms with Gasteiger partial charge in [0, 0.05) is 44.8 Å². The van der Waals surface area contributed by atoms with E-state index in [-0.39, 0.29) is 5.91 Å². The number of amides is 1. The molecule has 42 heavy (non-hydrogen) atoms. The fraction of sp³-hybridized carbons (Fsp3) is 0.235. The minimum absolute atomic E-state index is 0.263. The lowest BCUT2D eigenvalue weighted by molar-refractivity contribution is 0.0955. The first-order chi connectivity index (χ1) is 20.6. The second-order valence-corrected chi connectivity index (χ2v) is 11.1. The number of ether oxygens (including phenoxy) is 2. The van der Waals surface area contributed by atoms with Crippen molar-refractivity contribution >= 4 is 28.1 Å². The molecule has 8 heteroatoms. The van der Waals surface area contributed by atoms with Crippen LogP contribution in [0.5, 0.6) is 11.5 Å². The number of hydrazone groups is 1. The molecule has 1 N–H and O–H groups in total. The largest absolute Gasteiger partial charge is 0.493 e. The Morgan fingerprint density at radius 2 is 1.40 bits per heavy atom. The third-order valence-corrected chi connectivity index (χ3v) is 7.78. The van der Waals surface area contributed by atoms with Crippen molar-refractivity contribution in [1.82, 2.24) is 15.2 Å². The summed E-state index contributed by atoms with van der Waals surface area (Å²) < 4.78 is 12.3. The van der Waals surface area contributed by atoms with Gasteiger partial charge in [-0.05, 0) is 62.4 Å². The molecule has 0 aliphatic carbocycles. The summed E-state index contributed by atoms with van der Waals surface area (Å²) in [5, 5.41) is 4.16. The van der Waals surface area contributed by atoms with Crippen LogP contribution in [0.15, 0.2) is 107 Å². The van der Waals surface area contributed by atoms with E-state index in [9.17, 15) is 4.79 Å². The predicted octanol–water partition coefficient (Wildman–Crippen LogP) is 6.12. The smallest absolute Gasteiger partial charge is 0.271 e. The van der Waals surface area contributed by atoms with E-state index in [0.29, 0.717) is 23.7 Å². The molecule has 5 rings (SSSR count). The highest BCUT2D eigenvalue weighted by Gasteiger charge is 2.17. The molecule has 1 fully saturated rings. The molecule has 0 saturated carbocycles. The van der Waals surface area contributed by atoms with Crippen molar-refractivity contribution in [3.8, 4) is 11.5 Å². The summed E-state index contributed by atoms with van der Waals surface area (Å²) in [7, 11) is 1.59. The molecular formula is C34H35BrN4O3. The molecule has 4 aromatic rings. The molecule has 1 aliphatic heterocycles. The SMILES string of the molecule is COc1cc(/C=N\NC(=O)c2ccc(CN3CCN(Cc4ccccc4)CC3)cc2)cc(Br)c1OCc1ccccc1. The van der Waals surface area contributed by atoms with Crippen molar-refractivity contribution in [2.24, 2.45) is 5.10 Å². The molecule has 0 bridgehead atoms. The summed E-state index contributed by atoms with van der Waals surface area (Å²) in [5.41, 5.74) is 7.55. The third-order valence-electron chi connectivity index (χ3n) is 7.19. The minimum Gasteiger partial charge on any atom is -0.493 e. The molecule has 1 saturated heterocycles. The van der Waals surface area contributed by atoms with Gasteiger partial charge in [-0.25, -0.2) is 5.43 Å². The van der Waals surface area contributed by atoms with Crippen LogP contribution in [-0.4, -0.2) is 55.2 Å². The Bertz CT molecular complexity index is 1470. The van der Waals surface area contributed by atoms with Gasteiger partial charge in [-0.3, -0.25) is 14.6 Å². The molecule has 0 aromatic heterocycles. The molecule has 0 spiro atoms. The first-order valence-corrected chi connectivity index (χ1v) is 14.8. The molecule has 0 radical (unpaired) electrons. The number of benzene rings is 4. The van der Waals surface area contributed by atoms with Crippen LogP contribution in [0.25, 0.3) is 0 Å². The zero-order chi connectivity index (χ0) is 29.1. The van der Waals surface area contributed by atoms with Crippen LogP contribution < -0.4 is 14.9 Å². The average molecular weight is 628 g/mol. The van der Waals surface area contributed by atoms with Gasteiger partial charge in [0.2, 0.25) is 0 Å². The maximum absolute atomic E-state index is 12.7. The first kappa shape index (κ1) is 29.5. The van der Waals surface area contributed by atoms with E-state index in [0.717, 1.165) is 54.9 Å². The van der Waals surface area contributed by atoms with Gasteiger partial charge in [-0.1, -0.05) is 72.8 Å². The van der Waals surface area contributed by atoms with E-state index in [1.165, 1.54) is 11.1 Å². The number of nitrogens with one attached hydrogen (secondary N) is 1. The summed E-state index contributed by atoms with van der Waals surface area (Å²) in [6, 6.07) is 32.0. The van der Waals surface area contributed by atoms with Gasteiger partial charge in [-0.15, -0.1) is 0 Å². The lowest BCUT2D eigenvalue weighted by Gasteiger charge is -2.34. The normalized spacial score (nSPS) is 14.1. The van der Waals surface area contributed by atoms with Gasteiger partial charge in [0.1, 0.15) is 6.61 Å². The highest BCUT2D eigenvalue weighted by Crippen LogP contribution is 2.36. The number of carbonyl (C=O) groups excluding carboxylic acids is 1. The van der Waals surface area contributed by atoms with E-state index in [1.54, 1.807) is 13.3 Å². The van der Waals surface area contributed by atoms with E-state index in [2.05, 4.69) is 66.6 Å². The number of rotatable bonds is 11. The number of hydrogen-bond donors (Lipinski definition) is 1. The summed E-state index contributed by atoms with van der Waals surface area (Å²) in [6.07, 6.45) is 1.58. The molecule has 7 nitrogen and oxygen atoms in total. The Morgan fingerprint density at radius 1 is 0.833 bits per heavy atom. The molecule has 216 valence electrons. The molecule has 1 heterocycles. The maximum atomic E-state index is 12.7. The molecule has 4 aromatic carbocycles. The number of halogens is 1. The fourth-order valence-electron chi connectivity index (χ4n) is 4.88. The highest BCUT2D eigenvalue weighted by molar-refractivity contribution is 9.10. The number of piperazine rings is 1. The van der Waals surface area contributed by atoms with E-state index >= 15 is 0 Å². The number of hydrogen-bond acceptors (Lipinski definition) is 6. The monoisotopic (exact) mass is 626 g/mol. The molecule has 0 unspecified atom stereocenters. The van der Waals surface area contributed by atoms with Gasteiger partial charge in [0.05, 0.1) is 17.8 Å². The Balaban J connectivity index is 1.09. The predicted molar refractivity (Wildman–Crippen MR) is 170 cm³/mol. The van der Waals surface area contributed by atoms with Crippen molar-refractivity contribution in [2.75, 3.05) is 33.3 Å². The topological polar surface area (TPSA) is 66.4 Å². The van der Waals surface area contributed by atoms with Crippen LogP contribution in [0.4, 0.5) is 0 Å². The molecule has 1 amide bonds. The lowest BCUT2D eigenvalue weighted by atomic mass is 10.1. The third kappa shape index (κ3) is 8.28. The van der Waals surface area contributed by atoms with E-state index < -0.39 is 0 Å². The highest BCUT2D eigenvalue weighted by atomic mass is 79.9. The maximum Gasteiger partial charge on any atom is 0.271 e. The molecule has 1 aliphatic rings. The second kappa shape index (κ2) is 14.8. The Morgan fingerprint density at radius 3 is 2.00 bits per heavy atom. The Hall–Kier alpha value is -3.98. The van der Waals surface area contributed by atoms with Crippen molar-refractivity contribution in [1.29, 1.82) is 0 Å². The van der Waals surface area contributed by atoms with Gasteiger partial charge in [-0.2, -0.15) is 5.10 Å². The van der Waals surface area contributed by atoms with Gasteiger partial charge in [0.25, 0.3) is 5.91 Å². The Kier molecular flexibility index (Phi) is 10.4. The van der Waals surface area contributed by atoms with Crippen LogP contribution in [-0.2, 0) is 19.7 Å². The average Bonchev–Trinajstić information content (AvgIpc) is 3.02.